The number of nitrogens with zero attached hydrogens (tertiary/aromatic N) is 2. The Kier molecular flexibility index (Phi) is 5.19. The summed E-state index contributed by atoms with van der Waals surface area (Å²) < 4.78 is 5.41. The van der Waals surface area contributed by atoms with E-state index in [1.165, 1.54) is 23.9 Å². The number of benzene rings is 1. The number of fused-ring (bicyclic) bond motifs is 1. The second-order valence-electron chi connectivity index (χ2n) is 6.71. The monoisotopic (exact) mass is 380 g/mol. The summed E-state index contributed by atoms with van der Waals surface area (Å²) in [5.41, 5.74) is -0.911. The maximum atomic E-state index is 12.8. The lowest BCUT2D eigenvalue weighted by atomic mass is 9.74. The average molecular weight is 380 g/mol. The Morgan fingerprint density at radius 2 is 2.12 bits per heavy atom. The highest BCUT2D eigenvalue weighted by atomic mass is 32.2. The van der Waals surface area contributed by atoms with Crippen LogP contribution in [0.4, 0.5) is 5.69 Å². The van der Waals surface area contributed by atoms with Crippen LogP contribution in [0.2, 0.25) is 0 Å². The van der Waals surface area contributed by atoms with E-state index in [1.807, 2.05) is 0 Å². The molecule has 1 amide bonds. The van der Waals surface area contributed by atoms with E-state index < -0.39 is 21.6 Å². The number of ether oxygens (including phenoxy) is 1. The maximum Gasteiger partial charge on any atom is 0.311 e. The zero-order chi connectivity index (χ0) is 18.9. The fourth-order valence-electron chi connectivity index (χ4n) is 3.63. The highest BCUT2D eigenvalue weighted by Crippen LogP contribution is 2.43. The van der Waals surface area contributed by atoms with Crippen molar-refractivity contribution >= 4 is 29.3 Å². The molecule has 2 saturated heterocycles. The first-order valence-corrected chi connectivity index (χ1v) is 9.22. The Labute approximate surface area is 154 Å². The summed E-state index contributed by atoms with van der Waals surface area (Å²) in [5.74, 6) is -1.17. The van der Waals surface area contributed by atoms with Gasteiger partial charge in [-0.2, -0.15) is 0 Å². The highest BCUT2D eigenvalue weighted by Gasteiger charge is 2.55. The summed E-state index contributed by atoms with van der Waals surface area (Å²) in [6.45, 7) is 3.12. The Balaban J connectivity index is 1.67. The number of carbonyl (C=O) groups excluding carboxylic acids is 1. The van der Waals surface area contributed by atoms with Crippen molar-refractivity contribution in [1.29, 1.82) is 0 Å². The fraction of sp³-hybridized carbons (Fsp3) is 0.529. The van der Waals surface area contributed by atoms with E-state index in [4.69, 9.17) is 4.74 Å². The van der Waals surface area contributed by atoms with Gasteiger partial charge in [0.1, 0.15) is 0 Å². The maximum absolute atomic E-state index is 12.8. The first-order chi connectivity index (χ1) is 12.3. The Morgan fingerprint density at radius 1 is 1.42 bits per heavy atom. The van der Waals surface area contributed by atoms with Crippen LogP contribution in [0, 0.1) is 21.4 Å². The summed E-state index contributed by atoms with van der Waals surface area (Å²) in [7, 11) is 0. The number of carboxylic acid groups (broad SMARTS) is 1. The highest BCUT2D eigenvalue weighted by molar-refractivity contribution is 8.00. The molecule has 0 spiro atoms. The van der Waals surface area contributed by atoms with Crippen molar-refractivity contribution in [2.24, 2.45) is 11.3 Å². The molecular formula is C17H20N2O6S. The average Bonchev–Trinajstić information content (AvgIpc) is 3.02. The minimum atomic E-state index is -0.911. The van der Waals surface area contributed by atoms with Crippen LogP contribution in [-0.4, -0.2) is 58.4 Å². The Hall–Kier alpha value is -2.13. The number of hydrogen-bond donors (Lipinski definition) is 1. The molecule has 0 radical (unpaired) electrons. The van der Waals surface area contributed by atoms with Gasteiger partial charge >= 0.3 is 5.97 Å². The summed E-state index contributed by atoms with van der Waals surface area (Å²) in [6.07, 6.45) is 0.417. The van der Waals surface area contributed by atoms with Gasteiger partial charge in [-0.15, -0.1) is 11.8 Å². The molecule has 3 rings (SSSR count). The predicted octanol–water partition coefficient (Wildman–Crippen LogP) is 2.03. The van der Waals surface area contributed by atoms with Crippen LogP contribution in [0.5, 0.6) is 0 Å². The lowest BCUT2D eigenvalue weighted by Gasteiger charge is -2.33. The zero-order valence-corrected chi connectivity index (χ0v) is 15.1. The number of thioether (sulfide) groups is 1. The standard InChI is InChI=1S/C17H20N2O6S/c1-11(26-14-4-2-13(3-5-14)19(23)24)15(20)18-8-12-9-25-7-6-17(12,10-18)16(21)22/h2-5,11-12H,6-10H2,1H3,(H,21,22)/t11?,12-,17+/m0/s1. The van der Waals surface area contributed by atoms with Crippen LogP contribution in [0.15, 0.2) is 29.2 Å². The molecule has 1 aromatic rings. The molecule has 8 nitrogen and oxygen atoms in total. The van der Waals surface area contributed by atoms with Crippen LogP contribution in [0.1, 0.15) is 13.3 Å². The van der Waals surface area contributed by atoms with Crippen molar-refractivity contribution in [1.82, 2.24) is 4.90 Å². The predicted molar refractivity (Wildman–Crippen MR) is 94.0 cm³/mol. The molecule has 0 bridgehead atoms. The van der Waals surface area contributed by atoms with Gasteiger partial charge in [-0.1, -0.05) is 0 Å². The molecular weight excluding hydrogens is 360 g/mol. The number of carbonyl (C=O) groups is 2. The van der Waals surface area contributed by atoms with Crippen molar-refractivity contribution in [3.63, 3.8) is 0 Å². The van der Waals surface area contributed by atoms with Gasteiger partial charge in [0.15, 0.2) is 0 Å². The molecule has 2 heterocycles. The molecule has 1 aromatic carbocycles. The normalized spacial score (nSPS) is 26.2. The summed E-state index contributed by atoms with van der Waals surface area (Å²) >= 11 is 1.31. The van der Waals surface area contributed by atoms with E-state index in [2.05, 4.69) is 0 Å². The van der Waals surface area contributed by atoms with Crippen LogP contribution in [0.25, 0.3) is 0 Å². The minimum Gasteiger partial charge on any atom is -0.481 e. The van der Waals surface area contributed by atoms with Crippen LogP contribution >= 0.6 is 11.8 Å². The molecule has 2 aliphatic heterocycles. The molecule has 2 fully saturated rings. The number of carboxylic acids is 1. The van der Waals surface area contributed by atoms with Gasteiger partial charge in [0, 0.05) is 42.6 Å². The van der Waals surface area contributed by atoms with Gasteiger partial charge in [0.25, 0.3) is 5.69 Å². The van der Waals surface area contributed by atoms with Crippen molar-refractivity contribution in [3.8, 4) is 0 Å². The number of aliphatic carboxylic acids is 1. The number of amides is 1. The van der Waals surface area contributed by atoms with E-state index in [1.54, 1.807) is 24.0 Å². The van der Waals surface area contributed by atoms with Crippen molar-refractivity contribution in [2.75, 3.05) is 26.3 Å². The van der Waals surface area contributed by atoms with E-state index in [-0.39, 0.29) is 24.1 Å². The summed E-state index contributed by atoms with van der Waals surface area (Å²) in [4.78, 5) is 37.2. The molecule has 3 atom stereocenters. The van der Waals surface area contributed by atoms with Gasteiger partial charge in [0.2, 0.25) is 5.91 Å². The van der Waals surface area contributed by atoms with Gasteiger partial charge < -0.3 is 14.7 Å². The SMILES string of the molecule is CC(Sc1ccc([N+](=O)[O-])cc1)C(=O)N1C[C@H]2COCC[C@@]2(C(=O)O)C1. The van der Waals surface area contributed by atoms with Crippen molar-refractivity contribution < 1.29 is 24.4 Å². The number of hydrogen-bond acceptors (Lipinski definition) is 6. The lowest BCUT2D eigenvalue weighted by Crippen LogP contribution is -2.45. The Bertz CT molecular complexity index is 724. The van der Waals surface area contributed by atoms with Gasteiger partial charge in [-0.05, 0) is 25.5 Å². The molecule has 0 saturated carbocycles. The largest absolute Gasteiger partial charge is 0.481 e. The molecule has 1 unspecified atom stereocenters. The zero-order valence-electron chi connectivity index (χ0n) is 14.3. The molecule has 9 heteroatoms. The van der Waals surface area contributed by atoms with E-state index in [9.17, 15) is 24.8 Å². The number of likely N-dealkylation sites (tertiary alicyclic amines) is 1. The van der Waals surface area contributed by atoms with Crippen LogP contribution < -0.4 is 0 Å². The van der Waals surface area contributed by atoms with Crippen molar-refractivity contribution in [3.05, 3.63) is 34.4 Å². The molecule has 140 valence electrons. The third-order valence-electron chi connectivity index (χ3n) is 5.15. The van der Waals surface area contributed by atoms with Crippen LogP contribution in [0.3, 0.4) is 0 Å². The van der Waals surface area contributed by atoms with Crippen LogP contribution in [-0.2, 0) is 14.3 Å². The second kappa shape index (κ2) is 7.24. The molecule has 26 heavy (non-hydrogen) atoms. The van der Waals surface area contributed by atoms with Gasteiger partial charge in [0.05, 0.1) is 22.2 Å². The second-order valence-corrected chi connectivity index (χ2v) is 8.13. The summed E-state index contributed by atoms with van der Waals surface area (Å²) in [5, 5.41) is 20.0. The van der Waals surface area contributed by atoms with Gasteiger partial charge in [-0.3, -0.25) is 19.7 Å². The van der Waals surface area contributed by atoms with Crippen molar-refractivity contribution in [2.45, 2.75) is 23.5 Å². The summed E-state index contributed by atoms with van der Waals surface area (Å²) in [6, 6.07) is 6.03. The topological polar surface area (TPSA) is 110 Å². The molecule has 0 aliphatic carbocycles. The number of nitro benzene ring substituents is 1. The lowest BCUT2D eigenvalue weighted by molar-refractivity contribution is -0.384. The number of nitro groups is 1. The third-order valence-corrected chi connectivity index (χ3v) is 6.25. The van der Waals surface area contributed by atoms with E-state index in [0.717, 1.165) is 4.90 Å². The first kappa shape index (κ1) is 18.7. The number of rotatable bonds is 5. The van der Waals surface area contributed by atoms with Gasteiger partial charge in [-0.25, -0.2) is 0 Å². The molecule has 2 aliphatic rings. The third kappa shape index (κ3) is 3.41. The van der Waals surface area contributed by atoms with E-state index in [0.29, 0.717) is 26.2 Å². The van der Waals surface area contributed by atoms with E-state index >= 15 is 0 Å². The first-order valence-electron chi connectivity index (χ1n) is 8.34. The fourth-order valence-corrected chi connectivity index (χ4v) is 4.58. The Morgan fingerprint density at radius 3 is 2.69 bits per heavy atom. The quantitative estimate of drug-likeness (QED) is 0.473. The molecule has 0 aromatic heterocycles. The minimum absolute atomic E-state index is 0.000322. The number of non-ortho nitro benzene ring substituents is 1. The smallest absolute Gasteiger partial charge is 0.311 e. The molecule has 1 N–H and O–H groups in total.